The molecular formula is C14H18N5O14P3. The summed E-state index contributed by atoms with van der Waals surface area (Å²) in [5.41, 5.74) is 5.36. The Labute approximate surface area is 199 Å². The molecule has 2 aromatic heterocycles. The number of aliphatic imine (C=N–C) groups is 1. The molecule has 19 nitrogen and oxygen atoms in total. The van der Waals surface area contributed by atoms with Gasteiger partial charge in [0.1, 0.15) is 29.9 Å². The smallest absolute Gasteiger partial charge is 0.398 e. The number of anilines is 2. The predicted molar refractivity (Wildman–Crippen MR) is 118 cm³/mol. The second-order valence-corrected chi connectivity index (χ2v) is 11.8. The summed E-state index contributed by atoms with van der Waals surface area (Å²) in [6.45, 7) is -0.997. The molecule has 198 valence electrons. The van der Waals surface area contributed by atoms with Crippen LogP contribution in [0.4, 0.5) is 17.3 Å². The number of aliphatic hydroxyl groups excluding tert-OH is 2. The summed E-state index contributed by atoms with van der Waals surface area (Å²) in [5, 5.41) is 24.2. The minimum absolute atomic E-state index is 0.0323. The fraction of sp³-hybridized carbons (Fsp3) is 0.357. The van der Waals surface area contributed by atoms with Gasteiger partial charge in [-0.1, -0.05) is 0 Å². The third-order valence-electron chi connectivity index (χ3n) is 4.87. The number of aromatic nitrogens is 2. The summed E-state index contributed by atoms with van der Waals surface area (Å²) in [4.78, 5) is 55.8. The van der Waals surface area contributed by atoms with Crippen LogP contribution in [0.25, 0.3) is 10.8 Å². The lowest BCUT2D eigenvalue weighted by Gasteiger charge is -2.20. The number of nitrogens with one attached hydrogen (secondary N) is 1. The van der Waals surface area contributed by atoms with Gasteiger partial charge < -0.3 is 50.1 Å². The van der Waals surface area contributed by atoms with Crippen LogP contribution in [0.5, 0.6) is 0 Å². The van der Waals surface area contributed by atoms with Crippen LogP contribution in [0.15, 0.2) is 22.1 Å². The van der Waals surface area contributed by atoms with Gasteiger partial charge in [-0.15, -0.1) is 0 Å². The van der Waals surface area contributed by atoms with Crippen molar-refractivity contribution in [2.75, 3.05) is 17.7 Å². The number of rotatable bonds is 8. The van der Waals surface area contributed by atoms with Crippen LogP contribution in [-0.4, -0.2) is 70.6 Å². The van der Waals surface area contributed by atoms with E-state index in [1.807, 2.05) is 0 Å². The molecule has 1 saturated heterocycles. The van der Waals surface area contributed by atoms with E-state index in [2.05, 4.69) is 28.4 Å². The highest BCUT2D eigenvalue weighted by Crippen LogP contribution is 2.66. The third kappa shape index (κ3) is 5.58. The first kappa shape index (κ1) is 27.0. The molecule has 2 aliphatic rings. The molecule has 2 aliphatic heterocycles. The zero-order valence-electron chi connectivity index (χ0n) is 17.5. The number of nitrogens with zero attached hydrogens (tertiary/aromatic N) is 3. The molecule has 6 atom stereocenters. The fourth-order valence-electron chi connectivity index (χ4n) is 3.53. The van der Waals surface area contributed by atoms with Gasteiger partial charge in [0.25, 0.3) is 5.56 Å². The Morgan fingerprint density at radius 1 is 1.11 bits per heavy atom. The third-order valence-corrected chi connectivity index (χ3v) is 8.67. The lowest BCUT2D eigenvalue weighted by Crippen LogP contribution is -2.33. The van der Waals surface area contributed by atoms with Gasteiger partial charge in [0.05, 0.1) is 18.3 Å². The number of aliphatic hydroxyl groups is 2. The van der Waals surface area contributed by atoms with Crippen molar-refractivity contribution in [1.82, 2.24) is 9.55 Å². The summed E-state index contributed by atoms with van der Waals surface area (Å²) >= 11 is 0. The van der Waals surface area contributed by atoms with Gasteiger partial charge in [0, 0.05) is 23.3 Å². The van der Waals surface area contributed by atoms with E-state index >= 15 is 0 Å². The molecule has 0 aromatic carbocycles. The fourth-order valence-corrected chi connectivity index (χ4v) is 6.56. The van der Waals surface area contributed by atoms with Crippen molar-refractivity contribution < 1.29 is 61.4 Å². The summed E-state index contributed by atoms with van der Waals surface area (Å²) in [5.74, 6) is 0.256. The SMILES string of the molecule is Nc1cc(=O)nc2c3c(n([C@@H]4O[C@H](COP(=O)(O)OP(=O)(O)OP(=O)(O)O)[C@@H](O)[C@H]4O)cc13)N=CN2. The first-order valence-corrected chi connectivity index (χ1v) is 14.0. The number of phosphoric acid groups is 3. The van der Waals surface area contributed by atoms with Crippen LogP contribution in [0, 0.1) is 0 Å². The van der Waals surface area contributed by atoms with Crippen molar-refractivity contribution in [2.24, 2.45) is 4.99 Å². The first-order chi connectivity index (χ1) is 16.6. The normalized spacial score (nSPS) is 26.9. The van der Waals surface area contributed by atoms with E-state index in [9.17, 15) is 38.5 Å². The predicted octanol–water partition coefficient (Wildman–Crippen LogP) is -0.974. The van der Waals surface area contributed by atoms with E-state index in [4.69, 9.17) is 20.3 Å². The second kappa shape index (κ2) is 9.34. The van der Waals surface area contributed by atoms with Crippen molar-refractivity contribution in [3.05, 3.63) is 22.6 Å². The Hall–Kier alpha value is -2.08. The van der Waals surface area contributed by atoms with E-state index in [0.717, 1.165) is 6.07 Å². The van der Waals surface area contributed by atoms with Crippen LogP contribution < -0.4 is 16.6 Å². The molecule has 36 heavy (non-hydrogen) atoms. The zero-order valence-corrected chi connectivity index (χ0v) is 20.1. The number of ether oxygens (including phenoxy) is 1. The van der Waals surface area contributed by atoms with Crippen LogP contribution in [-0.2, 0) is 31.6 Å². The number of nitrogens with two attached hydrogens (primary N) is 1. The number of nitrogen functional groups attached to an aromatic ring is 1. The molecule has 1 fully saturated rings. The van der Waals surface area contributed by atoms with Gasteiger partial charge in [0.15, 0.2) is 6.23 Å². The Morgan fingerprint density at radius 2 is 1.81 bits per heavy atom. The maximum absolute atomic E-state index is 11.9. The standard InChI is InChI=1S/C14H18N5O14P3/c15-6-1-8(20)18-12-9-5(6)2-19(13(9)17-4-16-12)14-11(22)10(21)7(31-14)3-30-35(26,27)33-36(28,29)32-34(23,24)25/h1-2,4,7,10-11,14,21-22H,3,15H2,(H,26,27)(H,28,29)(H2,23,24,25)(H,16,17,18,20)/t7-,10-,11-,14-/m1/s1. The largest absolute Gasteiger partial charge is 0.490 e. The second-order valence-electron chi connectivity index (χ2n) is 7.38. The average Bonchev–Trinajstić information content (AvgIpc) is 3.18. The van der Waals surface area contributed by atoms with Crippen molar-refractivity contribution in [3.63, 3.8) is 0 Å². The first-order valence-electron chi connectivity index (χ1n) is 9.51. The molecular weight excluding hydrogens is 555 g/mol. The summed E-state index contributed by atoms with van der Waals surface area (Å²) in [6, 6.07) is 1.07. The van der Waals surface area contributed by atoms with Gasteiger partial charge in [-0.3, -0.25) is 9.32 Å². The van der Waals surface area contributed by atoms with Crippen molar-refractivity contribution >= 4 is 57.9 Å². The lowest BCUT2D eigenvalue weighted by molar-refractivity contribution is -0.0508. The molecule has 0 amide bonds. The van der Waals surface area contributed by atoms with Crippen LogP contribution in [0.1, 0.15) is 6.23 Å². The molecule has 0 spiro atoms. The molecule has 4 rings (SSSR count). The van der Waals surface area contributed by atoms with E-state index in [1.165, 1.54) is 17.1 Å². The number of phosphoric ester groups is 1. The van der Waals surface area contributed by atoms with E-state index in [-0.39, 0.29) is 17.3 Å². The Kier molecular flexibility index (Phi) is 7.00. The topological polar surface area (TPSA) is 295 Å². The highest BCUT2D eigenvalue weighted by Gasteiger charge is 2.47. The maximum Gasteiger partial charge on any atom is 0.490 e. The van der Waals surface area contributed by atoms with Crippen LogP contribution in [0.2, 0.25) is 0 Å². The molecule has 22 heteroatoms. The molecule has 9 N–H and O–H groups in total. The van der Waals surface area contributed by atoms with Crippen molar-refractivity contribution in [2.45, 2.75) is 24.5 Å². The molecule has 0 bridgehead atoms. The maximum atomic E-state index is 11.9. The van der Waals surface area contributed by atoms with Gasteiger partial charge in [0.2, 0.25) is 0 Å². The average molecular weight is 573 g/mol. The minimum Gasteiger partial charge on any atom is -0.398 e. The zero-order chi connectivity index (χ0) is 26.6. The highest BCUT2D eigenvalue weighted by molar-refractivity contribution is 7.66. The molecule has 4 heterocycles. The quantitative estimate of drug-likeness (QED) is 0.176. The van der Waals surface area contributed by atoms with E-state index in [0.29, 0.717) is 10.8 Å². The van der Waals surface area contributed by atoms with Gasteiger partial charge in [-0.25, -0.2) is 18.7 Å². The number of hydrogen-bond donors (Lipinski definition) is 8. The highest BCUT2D eigenvalue weighted by atomic mass is 31.3. The monoisotopic (exact) mass is 573 g/mol. The molecule has 2 aromatic rings. The Balaban J connectivity index is 1.55. The van der Waals surface area contributed by atoms with Gasteiger partial charge >= 0.3 is 23.5 Å². The minimum atomic E-state index is -5.74. The van der Waals surface area contributed by atoms with E-state index < -0.39 is 60.2 Å². The summed E-state index contributed by atoms with van der Waals surface area (Å²) < 4.78 is 52.6. The summed E-state index contributed by atoms with van der Waals surface area (Å²) in [6.07, 6.45) is -3.69. The number of hydrogen-bond acceptors (Lipinski definition) is 14. The van der Waals surface area contributed by atoms with Crippen LogP contribution in [0.3, 0.4) is 0 Å². The van der Waals surface area contributed by atoms with Crippen LogP contribution >= 0.6 is 23.5 Å². The molecule has 2 unspecified atom stereocenters. The molecule has 0 aliphatic carbocycles. The summed E-state index contributed by atoms with van der Waals surface area (Å²) in [7, 11) is -16.8. The molecule has 0 saturated carbocycles. The Bertz CT molecular complexity index is 1440. The lowest BCUT2D eigenvalue weighted by atomic mass is 10.1. The van der Waals surface area contributed by atoms with Crippen molar-refractivity contribution in [3.8, 4) is 0 Å². The Morgan fingerprint density at radius 3 is 2.47 bits per heavy atom. The van der Waals surface area contributed by atoms with Gasteiger partial charge in [-0.05, 0) is 0 Å². The van der Waals surface area contributed by atoms with Crippen molar-refractivity contribution in [1.29, 1.82) is 0 Å². The van der Waals surface area contributed by atoms with Gasteiger partial charge in [-0.2, -0.15) is 13.6 Å². The van der Waals surface area contributed by atoms with E-state index in [1.54, 1.807) is 0 Å². The molecule has 0 radical (unpaired) electrons.